The van der Waals surface area contributed by atoms with Crippen LogP contribution in [0.1, 0.15) is 21.8 Å². The number of hydrogen-bond donors (Lipinski definition) is 1. The first-order chi connectivity index (χ1) is 13.0. The number of thiazole rings is 1. The fourth-order valence-corrected chi connectivity index (χ4v) is 3.07. The monoisotopic (exact) mass is 384 g/mol. The lowest BCUT2D eigenvalue weighted by molar-refractivity contribution is 0.281. The van der Waals surface area contributed by atoms with Crippen LogP contribution in [-0.4, -0.2) is 23.0 Å². The molecule has 3 aromatic rings. The summed E-state index contributed by atoms with van der Waals surface area (Å²) in [6, 6.07) is 8.56. The first-order valence-corrected chi connectivity index (χ1v) is 9.09. The van der Waals surface area contributed by atoms with Gasteiger partial charge in [0, 0.05) is 11.4 Å². The summed E-state index contributed by atoms with van der Waals surface area (Å²) in [5.41, 5.74) is 7.99. The highest BCUT2D eigenvalue weighted by Crippen LogP contribution is 2.28. The lowest BCUT2D eigenvalue weighted by Gasteiger charge is -2.10. The molecule has 1 aromatic carbocycles. The van der Waals surface area contributed by atoms with E-state index in [2.05, 4.69) is 10.1 Å². The van der Waals surface area contributed by atoms with Crippen LogP contribution in [0.25, 0.3) is 0 Å². The molecule has 2 aromatic heterocycles. The van der Waals surface area contributed by atoms with Gasteiger partial charge in [0.15, 0.2) is 11.5 Å². The van der Waals surface area contributed by atoms with Gasteiger partial charge in [-0.1, -0.05) is 0 Å². The molecule has 27 heavy (non-hydrogen) atoms. The first-order valence-electron chi connectivity index (χ1n) is 8.21. The Labute approximate surface area is 160 Å². The molecule has 3 rings (SSSR count). The Morgan fingerprint density at radius 3 is 2.74 bits per heavy atom. The molecule has 2 heterocycles. The van der Waals surface area contributed by atoms with Crippen molar-refractivity contribution in [1.29, 1.82) is 0 Å². The zero-order valence-corrected chi connectivity index (χ0v) is 16.1. The van der Waals surface area contributed by atoms with Gasteiger partial charge in [0.25, 0.3) is 5.56 Å². The number of benzene rings is 1. The molecular weight excluding hydrogens is 364 g/mol. The van der Waals surface area contributed by atoms with Gasteiger partial charge in [0.2, 0.25) is 0 Å². The Bertz CT molecular complexity index is 1040. The summed E-state index contributed by atoms with van der Waals surface area (Å²) in [6.45, 7) is 4.13. The number of ether oxygens (including phenoxy) is 2. The highest BCUT2D eigenvalue weighted by atomic mass is 32.1. The van der Waals surface area contributed by atoms with E-state index in [1.54, 1.807) is 42.9 Å². The van der Waals surface area contributed by atoms with E-state index in [0.717, 1.165) is 26.5 Å². The van der Waals surface area contributed by atoms with Crippen LogP contribution < -0.4 is 20.8 Å². The third-order valence-corrected chi connectivity index (χ3v) is 4.55. The van der Waals surface area contributed by atoms with Crippen molar-refractivity contribution >= 4 is 23.4 Å². The molecule has 0 atom stereocenters. The maximum Gasteiger partial charge on any atom is 0.273 e. The van der Waals surface area contributed by atoms with Crippen molar-refractivity contribution in [3.8, 4) is 11.5 Å². The van der Waals surface area contributed by atoms with E-state index in [9.17, 15) is 4.79 Å². The molecule has 8 heteroatoms. The second-order valence-corrected chi connectivity index (χ2v) is 6.97. The van der Waals surface area contributed by atoms with Crippen molar-refractivity contribution in [2.45, 2.75) is 20.5 Å². The largest absolute Gasteiger partial charge is 0.493 e. The lowest BCUT2D eigenvalue weighted by atomic mass is 10.2. The van der Waals surface area contributed by atoms with Crippen LogP contribution >= 0.6 is 11.3 Å². The Morgan fingerprint density at radius 1 is 1.26 bits per heavy atom. The number of rotatable bonds is 6. The quantitative estimate of drug-likeness (QED) is 0.660. The SMILES string of the molecule is COc1cc(/C=N\n2c(N)cc(C)cc2=O)ccc1OCc1csc(C)n1. The lowest BCUT2D eigenvalue weighted by Crippen LogP contribution is -2.19. The van der Waals surface area contributed by atoms with E-state index in [4.69, 9.17) is 15.2 Å². The molecule has 0 radical (unpaired) electrons. The Kier molecular flexibility index (Phi) is 5.56. The second kappa shape index (κ2) is 8.05. The summed E-state index contributed by atoms with van der Waals surface area (Å²) >= 11 is 1.58. The van der Waals surface area contributed by atoms with Gasteiger partial charge in [-0.2, -0.15) is 9.78 Å². The van der Waals surface area contributed by atoms with Gasteiger partial charge in [-0.25, -0.2) is 4.98 Å². The topological polar surface area (TPSA) is 91.7 Å². The summed E-state index contributed by atoms with van der Waals surface area (Å²) in [5, 5.41) is 7.13. The molecular formula is C19H20N4O3S. The number of pyridine rings is 1. The van der Waals surface area contributed by atoms with Gasteiger partial charge in [-0.3, -0.25) is 4.79 Å². The number of aryl methyl sites for hydroxylation is 2. The van der Waals surface area contributed by atoms with Crippen molar-refractivity contribution in [3.63, 3.8) is 0 Å². The highest BCUT2D eigenvalue weighted by molar-refractivity contribution is 7.09. The molecule has 0 aliphatic heterocycles. The van der Waals surface area contributed by atoms with Gasteiger partial charge in [-0.05, 0) is 49.2 Å². The van der Waals surface area contributed by atoms with Crippen LogP contribution in [0.15, 0.2) is 45.6 Å². The average molecular weight is 384 g/mol. The van der Waals surface area contributed by atoms with Gasteiger partial charge in [0.05, 0.1) is 24.0 Å². The zero-order chi connectivity index (χ0) is 19.4. The fraction of sp³-hybridized carbons (Fsp3) is 0.211. The Balaban J connectivity index is 1.78. The number of nitrogens with two attached hydrogens (primary N) is 1. The molecule has 0 saturated carbocycles. The molecule has 0 unspecified atom stereocenters. The smallest absolute Gasteiger partial charge is 0.273 e. The predicted molar refractivity (Wildman–Crippen MR) is 107 cm³/mol. The van der Waals surface area contributed by atoms with Crippen LogP contribution in [0.3, 0.4) is 0 Å². The molecule has 2 N–H and O–H groups in total. The van der Waals surface area contributed by atoms with Crippen LogP contribution in [0.2, 0.25) is 0 Å². The van der Waals surface area contributed by atoms with Gasteiger partial charge < -0.3 is 15.2 Å². The van der Waals surface area contributed by atoms with Crippen molar-refractivity contribution in [2.24, 2.45) is 5.10 Å². The van der Waals surface area contributed by atoms with E-state index in [-0.39, 0.29) is 11.4 Å². The minimum absolute atomic E-state index is 0.279. The Morgan fingerprint density at radius 2 is 2.07 bits per heavy atom. The molecule has 0 fully saturated rings. The number of nitrogen functional groups attached to an aromatic ring is 1. The molecule has 0 spiro atoms. The standard InChI is InChI=1S/C19H20N4O3S/c1-12-6-18(20)23(19(24)7-12)21-9-14-4-5-16(17(8-14)25-3)26-10-15-11-27-13(2)22-15/h4-9,11H,10,20H2,1-3H3/b21-9-. The van der Waals surface area contributed by atoms with E-state index >= 15 is 0 Å². The van der Waals surface area contributed by atoms with E-state index in [1.165, 1.54) is 6.07 Å². The third-order valence-electron chi connectivity index (χ3n) is 3.73. The average Bonchev–Trinajstić information content (AvgIpc) is 3.04. The molecule has 0 aliphatic rings. The minimum atomic E-state index is -0.283. The van der Waals surface area contributed by atoms with Gasteiger partial charge in [-0.15, -0.1) is 11.3 Å². The van der Waals surface area contributed by atoms with Gasteiger partial charge >= 0.3 is 0 Å². The van der Waals surface area contributed by atoms with Crippen molar-refractivity contribution in [3.05, 3.63) is 67.9 Å². The normalized spacial score (nSPS) is 11.1. The van der Waals surface area contributed by atoms with Crippen molar-refractivity contribution in [1.82, 2.24) is 9.66 Å². The highest BCUT2D eigenvalue weighted by Gasteiger charge is 2.07. The molecule has 7 nitrogen and oxygen atoms in total. The van der Waals surface area contributed by atoms with Crippen LogP contribution in [0.5, 0.6) is 11.5 Å². The summed E-state index contributed by atoms with van der Waals surface area (Å²) in [5.74, 6) is 1.45. The van der Waals surface area contributed by atoms with Crippen molar-refractivity contribution in [2.75, 3.05) is 12.8 Å². The van der Waals surface area contributed by atoms with Gasteiger partial charge in [0.1, 0.15) is 12.4 Å². The molecule has 0 amide bonds. The summed E-state index contributed by atoms with van der Waals surface area (Å²) in [6.07, 6.45) is 1.54. The Hall–Kier alpha value is -3.13. The number of anilines is 1. The van der Waals surface area contributed by atoms with Crippen molar-refractivity contribution < 1.29 is 9.47 Å². The molecule has 140 valence electrons. The molecule has 0 bridgehead atoms. The number of methoxy groups -OCH3 is 1. The molecule has 0 saturated heterocycles. The van der Waals surface area contributed by atoms with Crippen LogP contribution in [-0.2, 0) is 6.61 Å². The number of hydrogen-bond acceptors (Lipinski definition) is 7. The third kappa shape index (κ3) is 4.53. The molecule has 0 aliphatic carbocycles. The zero-order valence-electron chi connectivity index (χ0n) is 15.3. The fourth-order valence-electron chi connectivity index (χ4n) is 2.48. The summed E-state index contributed by atoms with van der Waals surface area (Å²) < 4.78 is 12.3. The maximum atomic E-state index is 12.0. The van der Waals surface area contributed by atoms with E-state index in [0.29, 0.717) is 18.1 Å². The van der Waals surface area contributed by atoms with E-state index in [1.807, 2.05) is 25.3 Å². The second-order valence-electron chi connectivity index (χ2n) is 5.91. The maximum absolute atomic E-state index is 12.0. The van der Waals surface area contributed by atoms with Crippen LogP contribution in [0.4, 0.5) is 5.82 Å². The minimum Gasteiger partial charge on any atom is -0.493 e. The summed E-state index contributed by atoms with van der Waals surface area (Å²) in [4.78, 5) is 16.4. The van der Waals surface area contributed by atoms with Crippen LogP contribution in [0, 0.1) is 13.8 Å². The number of nitrogens with zero attached hydrogens (tertiary/aromatic N) is 3. The summed E-state index contributed by atoms with van der Waals surface area (Å²) in [7, 11) is 1.57. The first kappa shape index (κ1) is 18.7. The predicted octanol–water partition coefficient (Wildman–Crippen LogP) is 2.97. The van der Waals surface area contributed by atoms with E-state index < -0.39 is 0 Å². The number of aromatic nitrogens is 2.